The number of likely N-dealkylation sites (N-methyl/N-ethyl adjacent to an activating group) is 1. The zero-order valence-electron chi connectivity index (χ0n) is 17.2. The fraction of sp³-hybridized carbons (Fsp3) is 0.250. The van der Waals surface area contributed by atoms with Crippen molar-refractivity contribution < 1.29 is 13.2 Å². The van der Waals surface area contributed by atoms with Gasteiger partial charge < -0.3 is 15.0 Å². The lowest BCUT2D eigenvalue weighted by Crippen LogP contribution is -2.28. The first kappa shape index (κ1) is 20.4. The third kappa shape index (κ3) is 4.20. The fourth-order valence-corrected chi connectivity index (χ4v) is 5.71. The molecule has 0 aromatic heterocycles. The van der Waals surface area contributed by atoms with E-state index in [2.05, 4.69) is 10.2 Å². The largest absolute Gasteiger partial charge is 0.497 e. The Labute approximate surface area is 178 Å². The predicted molar refractivity (Wildman–Crippen MR) is 120 cm³/mol. The summed E-state index contributed by atoms with van der Waals surface area (Å²) in [5, 5.41) is 2.65. The summed E-state index contributed by atoms with van der Waals surface area (Å²) in [5.74, 6) is 0.681. The minimum Gasteiger partial charge on any atom is -0.497 e. The standard InChI is InChI=1S/C24H26N2O3S/c1-26-15-14-18-8-11-21(29-2)16-23(18)24(17-26)30(27,28)22-12-9-20(10-13-22)25-19-6-4-3-5-7-19/h3-13,16,24-25H,14-15,17H2,1-2H3. The van der Waals surface area contributed by atoms with Crippen molar-refractivity contribution in [1.82, 2.24) is 4.90 Å². The first-order valence-electron chi connectivity index (χ1n) is 9.99. The second-order valence-electron chi connectivity index (χ2n) is 7.63. The molecule has 1 N–H and O–H groups in total. The van der Waals surface area contributed by atoms with E-state index in [0.29, 0.717) is 17.2 Å². The number of nitrogens with one attached hydrogen (secondary N) is 1. The average Bonchev–Trinajstić information content (AvgIpc) is 2.94. The number of rotatable bonds is 5. The molecule has 0 saturated carbocycles. The second kappa shape index (κ2) is 8.50. The van der Waals surface area contributed by atoms with Crippen LogP contribution in [-0.2, 0) is 16.3 Å². The van der Waals surface area contributed by atoms with Gasteiger partial charge in [0.1, 0.15) is 11.0 Å². The molecule has 30 heavy (non-hydrogen) atoms. The van der Waals surface area contributed by atoms with Crippen LogP contribution in [0, 0.1) is 0 Å². The third-order valence-electron chi connectivity index (χ3n) is 5.56. The van der Waals surface area contributed by atoms with Gasteiger partial charge in [0.25, 0.3) is 0 Å². The fourth-order valence-electron chi connectivity index (χ4n) is 3.86. The molecule has 3 aromatic rings. The SMILES string of the molecule is COc1ccc2c(c1)C(S(=O)(=O)c1ccc(Nc3ccccc3)cc1)CN(C)CC2. The van der Waals surface area contributed by atoms with Crippen LogP contribution in [-0.4, -0.2) is 40.6 Å². The molecular weight excluding hydrogens is 396 g/mol. The molecule has 0 aliphatic carbocycles. The van der Waals surface area contributed by atoms with E-state index in [-0.39, 0.29) is 0 Å². The van der Waals surface area contributed by atoms with E-state index in [1.165, 1.54) is 0 Å². The minimum atomic E-state index is -3.57. The molecule has 0 amide bonds. The van der Waals surface area contributed by atoms with Crippen LogP contribution in [0.1, 0.15) is 16.4 Å². The van der Waals surface area contributed by atoms with Crippen LogP contribution in [0.5, 0.6) is 5.75 Å². The van der Waals surface area contributed by atoms with Gasteiger partial charge in [0.05, 0.1) is 12.0 Å². The van der Waals surface area contributed by atoms with Gasteiger partial charge in [-0.25, -0.2) is 8.42 Å². The Hall–Kier alpha value is -2.83. The Morgan fingerprint density at radius 2 is 1.67 bits per heavy atom. The van der Waals surface area contributed by atoms with E-state index >= 15 is 0 Å². The van der Waals surface area contributed by atoms with Gasteiger partial charge in [-0.05, 0) is 73.1 Å². The molecule has 1 aliphatic heterocycles. The van der Waals surface area contributed by atoms with Crippen LogP contribution >= 0.6 is 0 Å². The summed E-state index contributed by atoms with van der Waals surface area (Å²) in [6.45, 7) is 1.28. The van der Waals surface area contributed by atoms with Crippen LogP contribution in [0.4, 0.5) is 11.4 Å². The lowest BCUT2D eigenvalue weighted by molar-refractivity contribution is 0.345. The summed E-state index contributed by atoms with van der Waals surface area (Å²) in [4.78, 5) is 2.41. The zero-order valence-corrected chi connectivity index (χ0v) is 18.0. The molecule has 0 radical (unpaired) electrons. The van der Waals surface area contributed by atoms with Gasteiger partial charge in [0.2, 0.25) is 0 Å². The van der Waals surface area contributed by atoms with E-state index in [9.17, 15) is 8.42 Å². The Balaban J connectivity index is 1.67. The monoisotopic (exact) mass is 422 g/mol. The van der Waals surface area contributed by atoms with Gasteiger partial charge in [-0.1, -0.05) is 24.3 Å². The molecule has 0 bridgehead atoms. The van der Waals surface area contributed by atoms with E-state index in [4.69, 9.17) is 4.74 Å². The topological polar surface area (TPSA) is 58.6 Å². The maximum absolute atomic E-state index is 13.6. The quantitative estimate of drug-likeness (QED) is 0.659. The van der Waals surface area contributed by atoms with Crippen molar-refractivity contribution >= 4 is 21.2 Å². The Kier molecular flexibility index (Phi) is 5.79. The highest BCUT2D eigenvalue weighted by Crippen LogP contribution is 2.36. The van der Waals surface area contributed by atoms with E-state index < -0.39 is 15.1 Å². The van der Waals surface area contributed by atoms with Gasteiger partial charge in [-0.15, -0.1) is 0 Å². The van der Waals surface area contributed by atoms with Crippen LogP contribution in [0.2, 0.25) is 0 Å². The number of fused-ring (bicyclic) bond motifs is 1. The Morgan fingerprint density at radius 3 is 2.37 bits per heavy atom. The van der Waals surface area contributed by atoms with E-state index in [1.54, 1.807) is 19.2 Å². The van der Waals surface area contributed by atoms with E-state index in [0.717, 1.165) is 35.5 Å². The summed E-state index contributed by atoms with van der Waals surface area (Å²) in [7, 11) is 0.00315. The van der Waals surface area contributed by atoms with Gasteiger partial charge >= 0.3 is 0 Å². The van der Waals surface area contributed by atoms with Gasteiger partial charge in [-0.3, -0.25) is 0 Å². The lowest BCUT2D eigenvalue weighted by atomic mass is 10.0. The third-order valence-corrected chi connectivity index (χ3v) is 7.64. The number of methoxy groups -OCH3 is 1. The van der Waals surface area contributed by atoms with Gasteiger partial charge in [0.15, 0.2) is 9.84 Å². The molecule has 1 aliphatic rings. The molecule has 3 aromatic carbocycles. The molecule has 1 unspecified atom stereocenters. The molecule has 5 nitrogen and oxygen atoms in total. The van der Waals surface area contributed by atoms with Crippen LogP contribution < -0.4 is 10.1 Å². The van der Waals surface area contributed by atoms with Crippen molar-refractivity contribution in [2.24, 2.45) is 0 Å². The summed E-state index contributed by atoms with van der Waals surface area (Å²) in [5.41, 5.74) is 3.71. The van der Waals surface area contributed by atoms with Crippen LogP contribution in [0.25, 0.3) is 0 Å². The summed E-state index contributed by atoms with van der Waals surface area (Å²) in [6, 6.07) is 22.6. The predicted octanol–water partition coefficient (Wildman–Crippen LogP) is 4.44. The molecule has 0 fully saturated rings. The van der Waals surface area contributed by atoms with Crippen molar-refractivity contribution in [1.29, 1.82) is 0 Å². The number of ether oxygens (including phenoxy) is 1. The number of anilines is 2. The van der Waals surface area contributed by atoms with E-state index in [1.807, 2.05) is 67.7 Å². The first-order valence-corrected chi connectivity index (χ1v) is 11.5. The number of sulfone groups is 1. The molecule has 0 saturated heterocycles. The average molecular weight is 423 g/mol. The Bertz CT molecular complexity index is 1110. The van der Waals surface area contributed by atoms with Crippen molar-refractivity contribution in [3.05, 3.63) is 83.9 Å². The first-order chi connectivity index (χ1) is 14.5. The molecule has 1 atom stereocenters. The molecule has 4 rings (SSSR count). The van der Waals surface area contributed by atoms with Crippen molar-refractivity contribution in [3.63, 3.8) is 0 Å². The highest BCUT2D eigenvalue weighted by molar-refractivity contribution is 7.91. The van der Waals surface area contributed by atoms with Gasteiger partial charge in [0, 0.05) is 24.5 Å². The number of para-hydroxylation sites is 1. The highest BCUT2D eigenvalue weighted by atomic mass is 32.2. The molecule has 1 heterocycles. The van der Waals surface area contributed by atoms with Crippen LogP contribution in [0.3, 0.4) is 0 Å². The smallest absolute Gasteiger partial charge is 0.186 e. The highest BCUT2D eigenvalue weighted by Gasteiger charge is 2.34. The number of nitrogens with zero attached hydrogens (tertiary/aromatic N) is 1. The van der Waals surface area contributed by atoms with Crippen LogP contribution in [0.15, 0.2) is 77.7 Å². The lowest BCUT2D eigenvalue weighted by Gasteiger charge is -2.22. The maximum atomic E-state index is 13.6. The molecule has 0 spiro atoms. The normalized spacial score (nSPS) is 17.1. The Morgan fingerprint density at radius 1 is 0.967 bits per heavy atom. The summed E-state index contributed by atoms with van der Waals surface area (Å²) < 4.78 is 32.6. The van der Waals surface area contributed by atoms with Crippen molar-refractivity contribution in [2.75, 3.05) is 32.6 Å². The molecular formula is C24H26N2O3S. The van der Waals surface area contributed by atoms with Crippen molar-refractivity contribution in [2.45, 2.75) is 16.6 Å². The maximum Gasteiger partial charge on any atom is 0.186 e. The van der Waals surface area contributed by atoms with Crippen molar-refractivity contribution in [3.8, 4) is 5.75 Å². The second-order valence-corrected chi connectivity index (χ2v) is 9.76. The minimum absolute atomic E-state index is 0.329. The molecule has 156 valence electrons. The van der Waals surface area contributed by atoms with Gasteiger partial charge in [-0.2, -0.15) is 0 Å². The number of hydrogen-bond donors (Lipinski definition) is 1. The number of benzene rings is 3. The summed E-state index contributed by atoms with van der Waals surface area (Å²) in [6.07, 6.45) is 0.821. The number of hydrogen-bond acceptors (Lipinski definition) is 5. The zero-order chi connectivity index (χ0) is 21.1. The molecule has 6 heteroatoms. The summed E-state index contributed by atoms with van der Waals surface area (Å²) >= 11 is 0.